The molecular formula is C17H16O3. The summed E-state index contributed by atoms with van der Waals surface area (Å²) < 4.78 is 4.95. The Morgan fingerprint density at radius 3 is 2.55 bits per heavy atom. The molecule has 0 saturated carbocycles. The van der Waals surface area contributed by atoms with Crippen LogP contribution in [0.5, 0.6) is 0 Å². The Hall–Kier alpha value is -2.42. The molecule has 20 heavy (non-hydrogen) atoms. The van der Waals surface area contributed by atoms with Crippen LogP contribution in [0.3, 0.4) is 0 Å². The average molecular weight is 268 g/mol. The Labute approximate surface area is 117 Å². The summed E-state index contributed by atoms with van der Waals surface area (Å²) >= 11 is 0. The van der Waals surface area contributed by atoms with Gasteiger partial charge in [-0.05, 0) is 23.3 Å². The lowest BCUT2D eigenvalue weighted by molar-refractivity contribution is -0.141. The van der Waals surface area contributed by atoms with Crippen molar-refractivity contribution in [2.75, 3.05) is 6.61 Å². The van der Waals surface area contributed by atoms with Gasteiger partial charge in [0.1, 0.15) is 13.0 Å². The van der Waals surface area contributed by atoms with E-state index >= 15 is 0 Å². The number of benzene rings is 2. The van der Waals surface area contributed by atoms with Crippen molar-refractivity contribution in [2.45, 2.75) is 13.3 Å². The smallest absolute Gasteiger partial charge is 0.314 e. The maximum atomic E-state index is 12.2. The molecule has 0 bridgehead atoms. The molecule has 0 N–H and O–H groups in total. The largest absolute Gasteiger partial charge is 0.461 e. The molecule has 0 aromatic heterocycles. The van der Waals surface area contributed by atoms with Crippen molar-refractivity contribution in [1.82, 2.24) is 0 Å². The third-order valence-corrected chi connectivity index (χ3v) is 2.87. The Bertz CT molecular complexity index is 665. The van der Waals surface area contributed by atoms with Crippen molar-refractivity contribution in [3.63, 3.8) is 0 Å². The van der Waals surface area contributed by atoms with Crippen molar-refractivity contribution < 1.29 is 14.3 Å². The van der Waals surface area contributed by atoms with Gasteiger partial charge in [0.15, 0.2) is 5.78 Å². The van der Waals surface area contributed by atoms with Crippen molar-refractivity contribution in [2.24, 2.45) is 0 Å². The molecule has 3 heteroatoms. The van der Waals surface area contributed by atoms with Crippen molar-refractivity contribution in [3.8, 4) is 0 Å². The number of ether oxygens (including phenoxy) is 1. The molecule has 2 rings (SSSR count). The summed E-state index contributed by atoms with van der Waals surface area (Å²) in [5.41, 5.74) is 1.30. The average Bonchev–Trinajstić information content (AvgIpc) is 2.44. The third-order valence-electron chi connectivity index (χ3n) is 2.87. The van der Waals surface area contributed by atoms with Crippen LogP contribution in [0.25, 0.3) is 10.8 Å². The maximum absolute atomic E-state index is 12.2. The van der Waals surface area contributed by atoms with E-state index in [1.165, 1.54) is 0 Å². The minimum Gasteiger partial charge on any atom is -0.461 e. The van der Waals surface area contributed by atoms with Gasteiger partial charge in [-0.15, -0.1) is 0 Å². The molecule has 0 fully saturated rings. The first kappa shape index (κ1) is 14.0. The summed E-state index contributed by atoms with van der Waals surface area (Å²) in [6.07, 6.45) is -0.249. The van der Waals surface area contributed by atoms with Gasteiger partial charge in [0.2, 0.25) is 0 Å². The van der Waals surface area contributed by atoms with Crippen LogP contribution >= 0.6 is 0 Å². The molecule has 0 spiro atoms. The molecule has 0 aliphatic rings. The molecule has 2 aromatic carbocycles. The standard InChI is InChI=1S/C17H16O3/c1-12(2)11-20-17(19)10-16(18)15-9-5-7-13-6-3-4-8-14(13)15/h3-9H,1,10-11H2,2H3. The number of ketones is 1. The van der Waals surface area contributed by atoms with E-state index in [1.807, 2.05) is 36.4 Å². The van der Waals surface area contributed by atoms with E-state index in [-0.39, 0.29) is 18.8 Å². The molecular weight excluding hydrogens is 252 g/mol. The normalized spacial score (nSPS) is 10.2. The van der Waals surface area contributed by atoms with Gasteiger partial charge in [0.25, 0.3) is 0 Å². The number of carbonyl (C=O) groups is 2. The molecule has 0 heterocycles. The molecule has 3 nitrogen and oxygen atoms in total. The highest BCUT2D eigenvalue weighted by molar-refractivity contribution is 6.13. The van der Waals surface area contributed by atoms with Gasteiger partial charge in [-0.2, -0.15) is 0 Å². The lowest BCUT2D eigenvalue weighted by Crippen LogP contribution is -2.12. The van der Waals surface area contributed by atoms with E-state index in [0.29, 0.717) is 5.56 Å². The zero-order chi connectivity index (χ0) is 14.5. The quantitative estimate of drug-likeness (QED) is 0.360. The second-order valence-electron chi connectivity index (χ2n) is 4.74. The van der Waals surface area contributed by atoms with Crippen LogP contribution in [0.1, 0.15) is 23.7 Å². The summed E-state index contributed by atoms with van der Waals surface area (Å²) in [6.45, 7) is 5.56. The number of carbonyl (C=O) groups excluding carboxylic acids is 2. The van der Waals surface area contributed by atoms with Crippen molar-refractivity contribution >= 4 is 22.5 Å². The van der Waals surface area contributed by atoms with Gasteiger partial charge in [-0.3, -0.25) is 9.59 Å². The Kier molecular flexibility index (Phi) is 4.31. The molecule has 2 aromatic rings. The molecule has 0 aliphatic heterocycles. The molecule has 0 unspecified atom stereocenters. The monoisotopic (exact) mass is 268 g/mol. The van der Waals surface area contributed by atoms with E-state index in [1.54, 1.807) is 13.0 Å². The third kappa shape index (κ3) is 3.32. The van der Waals surface area contributed by atoms with E-state index in [2.05, 4.69) is 6.58 Å². The van der Waals surface area contributed by atoms with Crippen LogP contribution in [-0.4, -0.2) is 18.4 Å². The molecule has 0 saturated heterocycles. The molecule has 0 atom stereocenters. The minimum absolute atomic E-state index is 0.154. The minimum atomic E-state index is -0.522. The Balaban J connectivity index is 2.15. The number of esters is 1. The van der Waals surface area contributed by atoms with Crippen molar-refractivity contribution in [1.29, 1.82) is 0 Å². The van der Waals surface area contributed by atoms with Crippen LogP contribution in [0.4, 0.5) is 0 Å². The molecule has 0 aliphatic carbocycles. The second-order valence-corrected chi connectivity index (χ2v) is 4.74. The number of Topliss-reactive ketones (excluding diaryl/α,β-unsaturated/α-hetero) is 1. The Morgan fingerprint density at radius 1 is 1.10 bits per heavy atom. The highest BCUT2D eigenvalue weighted by Crippen LogP contribution is 2.19. The zero-order valence-corrected chi connectivity index (χ0v) is 11.4. The van der Waals surface area contributed by atoms with Gasteiger partial charge in [-0.25, -0.2) is 0 Å². The zero-order valence-electron chi connectivity index (χ0n) is 11.4. The van der Waals surface area contributed by atoms with Gasteiger partial charge < -0.3 is 4.74 Å². The SMILES string of the molecule is C=C(C)COC(=O)CC(=O)c1cccc2ccccc12. The fourth-order valence-electron chi connectivity index (χ4n) is 1.95. The van der Waals surface area contributed by atoms with Crippen molar-refractivity contribution in [3.05, 3.63) is 60.2 Å². The lowest BCUT2D eigenvalue weighted by Gasteiger charge is -2.06. The van der Waals surface area contributed by atoms with E-state index < -0.39 is 5.97 Å². The predicted molar refractivity (Wildman–Crippen MR) is 78.7 cm³/mol. The second kappa shape index (κ2) is 6.15. The van der Waals surface area contributed by atoms with Gasteiger partial charge in [0, 0.05) is 5.56 Å². The van der Waals surface area contributed by atoms with Crippen LogP contribution in [0.2, 0.25) is 0 Å². The lowest BCUT2D eigenvalue weighted by atomic mass is 10.00. The summed E-state index contributed by atoms with van der Waals surface area (Å²) in [5.74, 6) is -0.751. The summed E-state index contributed by atoms with van der Waals surface area (Å²) in [4.78, 5) is 23.8. The molecule has 0 radical (unpaired) electrons. The highest BCUT2D eigenvalue weighted by Gasteiger charge is 2.15. The van der Waals surface area contributed by atoms with E-state index in [4.69, 9.17) is 4.74 Å². The van der Waals surface area contributed by atoms with Crippen LogP contribution in [-0.2, 0) is 9.53 Å². The predicted octanol–water partition coefficient (Wildman–Crippen LogP) is 3.53. The number of fused-ring (bicyclic) bond motifs is 1. The van der Waals surface area contributed by atoms with Crippen LogP contribution in [0.15, 0.2) is 54.6 Å². The highest BCUT2D eigenvalue weighted by atomic mass is 16.5. The summed E-state index contributed by atoms with van der Waals surface area (Å²) in [6, 6.07) is 13.1. The van der Waals surface area contributed by atoms with Crippen LogP contribution < -0.4 is 0 Å². The van der Waals surface area contributed by atoms with Crippen LogP contribution in [0, 0.1) is 0 Å². The fourth-order valence-corrected chi connectivity index (χ4v) is 1.95. The van der Waals surface area contributed by atoms with E-state index in [9.17, 15) is 9.59 Å². The molecule has 0 amide bonds. The summed E-state index contributed by atoms with van der Waals surface area (Å²) in [7, 11) is 0. The fraction of sp³-hybridized carbons (Fsp3) is 0.176. The first-order chi connectivity index (χ1) is 9.58. The topological polar surface area (TPSA) is 43.4 Å². The summed E-state index contributed by atoms with van der Waals surface area (Å²) in [5, 5.41) is 1.83. The first-order valence-corrected chi connectivity index (χ1v) is 6.39. The number of rotatable bonds is 5. The van der Waals surface area contributed by atoms with Gasteiger partial charge >= 0.3 is 5.97 Å². The number of hydrogen-bond donors (Lipinski definition) is 0. The maximum Gasteiger partial charge on any atom is 0.314 e. The number of hydrogen-bond acceptors (Lipinski definition) is 3. The Morgan fingerprint density at radius 2 is 1.80 bits per heavy atom. The van der Waals surface area contributed by atoms with Gasteiger partial charge in [0.05, 0.1) is 0 Å². The first-order valence-electron chi connectivity index (χ1n) is 6.39. The van der Waals surface area contributed by atoms with E-state index in [0.717, 1.165) is 16.3 Å². The van der Waals surface area contributed by atoms with Gasteiger partial charge in [-0.1, -0.05) is 49.0 Å². The molecule has 102 valence electrons.